The average Bonchev–Trinajstić information content (AvgIpc) is 2.77. The molecule has 1 fully saturated rings. The molecular weight excluding hydrogens is 250 g/mol. The number of carboxylic acids is 1. The number of benzene rings is 1. The van der Waals surface area contributed by atoms with Gasteiger partial charge in [-0.3, -0.25) is 4.79 Å². The lowest BCUT2D eigenvalue weighted by Crippen LogP contribution is -2.39. The summed E-state index contributed by atoms with van der Waals surface area (Å²) in [6, 6.07) is 3.88. The van der Waals surface area contributed by atoms with E-state index in [4.69, 9.17) is 9.84 Å². The summed E-state index contributed by atoms with van der Waals surface area (Å²) in [5, 5.41) is 20.9. The van der Waals surface area contributed by atoms with Crippen molar-refractivity contribution in [3.05, 3.63) is 23.8 Å². The van der Waals surface area contributed by atoms with Crippen LogP contribution in [0, 0.1) is 0 Å². The number of carbonyl (C=O) groups excluding carboxylic acids is 1. The predicted molar refractivity (Wildman–Crippen MR) is 67.3 cm³/mol. The Morgan fingerprint density at radius 3 is 2.68 bits per heavy atom. The number of aromatic hydroxyl groups is 1. The summed E-state index contributed by atoms with van der Waals surface area (Å²) in [5.41, 5.74) is -0.730. The summed E-state index contributed by atoms with van der Waals surface area (Å²) in [4.78, 5) is 22.8. The Morgan fingerprint density at radius 1 is 1.42 bits per heavy atom. The van der Waals surface area contributed by atoms with E-state index in [-0.39, 0.29) is 17.2 Å². The summed E-state index contributed by atoms with van der Waals surface area (Å²) in [6.07, 6.45) is 1.46. The van der Waals surface area contributed by atoms with Crippen LogP contribution in [0.15, 0.2) is 18.2 Å². The zero-order valence-corrected chi connectivity index (χ0v) is 10.5. The molecule has 0 aromatic heterocycles. The van der Waals surface area contributed by atoms with Crippen LogP contribution in [0.3, 0.4) is 0 Å². The molecule has 19 heavy (non-hydrogen) atoms. The maximum Gasteiger partial charge on any atom is 0.339 e. The average molecular weight is 265 g/mol. The summed E-state index contributed by atoms with van der Waals surface area (Å²) in [7, 11) is 0. The van der Waals surface area contributed by atoms with Crippen LogP contribution in [0.4, 0.5) is 5.69 Å². The van der Waals surface area contributed by atoms with Crippen LogP contribution >= 0.6 is 0 Å². The quantitative estimate of drug-likeness (QED) is 0.771. The molecule has 6 nitrogen and oxygen atoms in total. The van der Waals surface area contributed by atoms with E-state index in [0.29, 0.717) is 18.7 Å². The van der Waals surface area contributed by atoms with Crippen molar-refractivity contribution in [2.24, 2.45) is 0 Å². The van der Waals surface area contributed by atoms with Crippen LogP contribution in [0.2, 0.25) is 0 Å². The maximum atomic E-state index is 12.0. The van der Waals surface area contributed by atoms with E-state index in [0.717, 1.165) is 6.42 Å². The lowest BCUT2D eigenvalue weighted by molar-refractivity contribution is -0.133. The van der Waals surface area contributed by atoms with Gasteiger partial charge in [0.2, 0.25) is 0 Å². The highest BCUT2D eigenvalue weighted by molar-refractivity contribution is 5.98. The molecule has 1 aromatic carbocycles. The molecule has 3 N–H and O–H groups in total. The number of hydrogen-bond donors (Lipinski definition) is 3. The molecule has 1 atom stereocenters. The summed E-state index contributed by atoms with van der Waals surface area (Å²) < 4.78 is 5.40. The Kier molecular flexibility index (Phi) is 3.44. The number of hydrogen-bond acceptors (Lipinski definition) is 4. The van der Waals surface area contributed by atoms with E-state index in [2.05, 4.69) is 5.32 Å². The van der Waals surface area contributed by atoms with Crippen molar-refractivity contribution in [1.82, 2.24) is 0 Å². The lowest BCUT2D eigenvalue weighted by Gasteiger charge is -2.22. The van der Waals surface area contributed by atoms with Gasteiger partial charge in [0.1, 0.15) is 16.9 Å². The number of nitrogens with one attached hydrogen (secondary N) is 1. The van der Waals surface area contributed by atoms with Crippen LogP contribution in [-0.4, -0.2) is 34.3 Å². The van der Waals surface area contributed by atoms with Gasteiger partial charge < -0.3 is 20.3 Å². The molecule has 1 aliphatic rings. The smallest absolute Gasteiger partial charge is 0.339 e. The number of rotatable bonds is 3. The van der Waals surface area contributed by atoms with Crippen LogP contribution in [0.5, 0.6) is 5.75 Å². The Hall–Kier alpha value is -2.08. The van der Waals surface area contributed by atoms with Crippen molar-refractivity contribution in [3.63, 3.8) is 0 Å². The molecule has 0 radical (unpaired) electrons. The highest BCUT2D eigenvalue weighted by Crippen LogP contribution is 2.28. The first-order valence-corrected chi connectivity index (χ1v) is 5.94. The molecule has 2 rings (SSSR count). The van der Waals surface area contributed by atoms with Crippen molar-refractivity contribution in [2.45, 2.75) is 25.4 Å². The van der Waals surface area contributed by atoms with E-state index in [1.807, 2.05) is 0 Å². The number of carboxylic acid groups (broad SMARTS) is 1. The third-order valence-corrected chi connectivity index (χ3v) is 3.19. The van der Waals surface area contributed by atoms with Crippen molar-refractivity contribution in [1.29, 1.82) is 0 Å². The maximum absolute atomic E-state index is 12.0. The number of aromatic carboxylic acids is 1. The zero-order chi connectivity index (χ0) is 14.0. The van der Waals surface area contributed by atoms with Crippen LogP contribution < -0.4 is 5.32 Å². The molecular formula is C13H15NO5. The van der Waals surface area contributed by atoms with E-state index in [9.17, 15) is 14.7 Å². The highest BCUT2D eigenvalue weighted by atomic mass is 16.5. The van der Waals surface area contributed by atoms with Crippen LogP contribution in [0.25, 0.3) is 0 Å². The van der Waals surface area contributed by atoms with Gasteiger partial charge in [-0.2, -0.15) is 0 Å². The predicted octanol–water partition coefficient (Wildman–Crippen LogP) is 1.60. The number of anilines is 1. The molecule has 1 amide bonds. The number of ether oxygens (including phenoxy) is 1. The van der Waals surface area contributed by atoms with Gasteiger partial charge in [-0.05, 0) is 31.9 Å². The van der Waals surface area contributed by atoms with E-state index >= 15 is 0 Å². The molecule has 0 saturated carbocycles. The van der Waals surface area contributed by atoms with Gasteiger partial charge in [-0.1, -0.05) is 0 Å². The first kappa shape index (κ1) is 13.4. The molecule has 6 heteroatoms. The Morgan fingerprint density at radius 2 is 2.16 bits per heavy atom. The molecule has 1 unspecified atom stereocenters. The third kappa shape index (κ3) is 2.68. The number of phenols is 1. The second-order valence-corrected chi connectivity index (χ2v) is 4.67. The van der Waals surface area contributed by atoms with Gasteiger partial charge in [0.15, 0.2) is 0 Å². The van der Waals surface area contributed by atoms with Crippen LogP contribution in [0.1, 0.15) is 30.1 Å². The molecule has 102 valence electrons. The SMILES string of the molecule is CC1(C(=O)Nc2ccc(C(=O)O)c(O)c2)CCCO1. The van der Waals surface area contributed by atoms with Gasteiger partial charge in [0, 0.05) is 18.4 Å². The summed E-state index contributed by atoms with van der Waals surface area (Å²) >= 11 is 0. The minimum Gasteiger partial charge on any atom is -0.507 e. The fourth-order valence-corrected chi connectivity index (χ4v) is 2.01. The highest BCUT2D eigenvalue weighted by Gasteiger charge is 2.37. The minimum absolute atomic E-state index is 0.207. The lowest BCUT2D eigenvalue weighted by atomic mass is 10.0. The Bertz CT molecular complexity index is 520. The standard InChI is InChI=1S/C13H15NO5/c1-13(5-2-6-19-13)12(18)14-8-3-4-9(11(16)17)10(15)7-8/h3-4,7,15H,2,5-6H2,1H3,(H,14,18)(H,16,17). The summed E-state index contributed by atoms with van der Waals surface area (Å²) in [6.45, 7) is 2.26. The molecule has 1 heterocycles. The molecule has 1 saturated heterocycles. The molecule has 0 spiro atoms. The summed E-state index contributed by atoms with van der Waals surface area (Å²) in [5.74, 6) is -1.91. The van der Waals surface area contributed by atoms with Crippen molar-refractivity contribution in [3.8, 4) is 5.75 Å². The molecule has 0 bridgehead atoms. The number of amides is 1. The van der Waals surface area contributed by atoms with Gasteiger partial charge in [-0.15, -0.1) is 0 Å². The van der Waals surface area contributed by atoms with Gasteiger partial charge in [-0.25, -0.2) is 4.79 Å². The molecule has 0 aliphatic carbocycles. The first-order valence-electron chi connectivity index (χ1n) is 5.94. The monoisotopic (exact) mass is 265 g/mol. The van der Waals surface area contributed by atoms with E-state index in [1.165, 1.54) is 18.2 Å². The van der Waals surface area contributed by atoms with Crippen molar-refractivity contribution in [2.75, 3.05) is 11.9 Å². The number of carbonyl (C=O) groups is 2. The van der Waals surface area contributed by atoms with Crippen LogP contribution in [-0.2, 0) is 9.53 Å². The van der Waals surface area contributed by atoms with Crippen molar-refractivity contribution < 1.29 is 24.5 Å². The van der Waals surface area contributed by atoms with E-state index < -0.39 is 11.6 Å². The van der Waals surface area contributed by atoms with E-state index in [1.54, 1.807) is 6.92 Å². The largest absolute Gasteiger partial charge is 0.507 e. The normalized spacial score (nSPS) is 22.2. The minimum atomic E-state index is -1.22. The fourth-order valence-electron chi connectivity index (χ4n) is 2.01. The third-order valence-electron chi connectivity index (χ3n) is 3.19. The van der Waals surface area contributed by atoms with Crippen molar-refractivity contribution >= 4 is 17.6 Å². The second kappa shape index (κ2) is 4.89. The first-order chi connectivity index (χ1) is 8.92. The fraction of sp³-hybridized carbons (Fsp3) is 0.385. The Labute approximate surface area is 110 Å². The van der Waals surface area contributed by atoms with Gasteiger partial charge in [0.25, 0.3) is 5.91 Å². The Balaban J connectivity index is 2.13. The topological polar surface area (TPSA) is 95.9 Å². The zero-order valence-electron chi connectivity index (χ0n) is 10.5. The molecule has 1 aliphatic heterocycles. The second-order valence-electron chi connectivity index (χ2n) is 4.67. The van der Waals surface area contributed by atoms with Gasteiger partial charge in [0.05, 0.1) is 0 Å². The van der Waals surface area contributed by atoms with Gasteiger partial charge >= 0.3 is 5.97 Å². The molecule has 1 aromatic rings.